The largest absolute Gasteiger partial charge is 0.481 e. The summed E-state index contributed by atoms with van der Waals surface area (Å²) >= 11 is 0. The molecule has 1 aromatic rings. The van der Waals surface area contributed by atoms with E-state index < -0.39 is 30.0 Å². The molecule has 2 bridgehead atoms. The maximum atomic E-state index is 12.8. The molecular formula is C18H21NO4. The Morgan fingerprint density at radius 3 is 2.17 bits per heavy atom. The standard InChI is InChI=1S/C18H21NO4/c1-3-10-6-5-7-11(4-2)16(10)19-17(20)14-12-8-9-13(23-12)15(14)18(21)22/h5-9,12-15H,3-4H2,1-2H3,(H,19,20)(H,21,22)/t12-,13+,14+,15-/m0/s1. The minimum Gasteiger partial charge on any atom is -0.481 e. The summed E-state index contributed by atoms with van der Waals surface area (Å²) in [7, 11) is 0. The summed E-state index contributed by atoms with van der Waals surface area (Å²) in [5.41, 5.74) is 2.94. The van der Waals surface area contributed by atoms with Gasteiger partial charge in [-0.3, -0.25) is 9.59 Å². The summed E-state index contributed by atoms with van der Waals surface area (Å²) in [6.07, 6.45) is 4.20. The van der Waals surface area contributed by atoms with E-state index in [9.17, 15) is 14.7 Å². The van der Waals surface area contributed by atoms with Crippen LogP contribution >= 0.6 is 0 Å². The summed E-state index contributed by atoms with van der Waals surface area (Å²) in [5, 5.41) is 12.4. The Labute approximate surface area is 135 Å². The zero-order valence-electron chi connectivity index (χ0n) is 13.3. The second kappa shape index (κ2) is 6.16. The molecule has 1 saturated heterocycles. The van der Waals surface area contributed by atoms with Gasteiger partial charge >= 0.3 is 5.97 Å². The fourth-order valence-corrected chi connectivity index (χ4v) is 3.52. The third kappa shape index (κ3) is 2.65. The van der Waals surface area contributed by atoms with Gasteiger partial charge in [0.25, 0.3) is 0 Å². The van der Waals surface area contributed by atoms with E-state index in [1.54, 1.807) is 12.2 Å². The van der Waals surface area contributed by atoms with Crippen LogP contribution in [-0.2, 0) is 27.2 Å². The van der Waals surface area contributed by atoms with Crippen LogP contribution in [0.2, 0.25) is 0 Å². The number of ether oxygens (including phenoxy) is 1. The minimum atomic E-state index is -0.985. The Hall–Kier alpha value is -2.14. The molecule has 2 N–H and O–H groups in total. The molecule has 23 heavy (non-hydrogen) atoms. The number of anilines is 1. The number of aryl methyl sites for hydroxylation is 2. The van der Waals surface area contributed by atoms with E-state index >= 15 is 0 Å². The van der Waals surface area contributed by atoms with Crippen molar-refractivity contribution in [1.29, 1.82) is 0 Å². The summed E-state index contributed by atoms with van der Waals surface area (Å²) in [5.74, 6) is -2.76. The number of benzene rings is 1. The predicted molar refractivity (Wildman–Crippen MR) is 86.2 cm³/mol. The molecular weight excluding hydrogens is 294 g/mol. The lowest BCUT2D eigenvalue weighted by Gasteiger charge is -2.22. The third-order valence-corrected chi connectivity index (χ3v) is 4.73. The van der Waals surface area contributed by atoms with Crippen molar-refractivity contribution in [2.75, 3.05) is 5.32 Å². The van der Waals surface area contributed by atoms with Crippen molar-refractivity contribution in [3.05, 3.63) is 41.5 Å². The third-order valence-electron chi connectivity index (χ3n) is 4.73. The average Bonchev–Trinajstić information content (AvgIpc) is 3.15. The number of amides is 1. The summed E-state index contributed by atoms with van der Waals surface area (Å²) in [6, 6.07) is 5.96. The number of hydrogen-bond acceptors (Lipinski definition) is 3. The highest BCUT2D eigenvalue weighted by atomic mass is 16.5. The number of carboxylic acids is 1. The fraction of sp³-hybridized carbons (Fsp3) is 0.444. The van der Waals surface area contributed by atoms with Crippen LogP contribution in [0.4, 0.5) is 5.69 Å². The van der Waals surface area contributed by atoms with Crippen LogP contribution in [0.5, 0.6) is 0 Å². The lowest BCUT2D eigenvalue weighted by atomic mass is 9.82. The van der Waals surface area contributed by atoms with Crippen molar-refractivity contribution in [2.45, 2.75) is 38.9 Å². The first-order chi connectivity index (χ1) is 11.1. The highest BCUT2D eigenvalue weighted by Gasteiger charge is 2.53. The van der Waals surface area contributed by atoms with Crippen LogP contribution in [0.25, 0.3) is 0 Å². The number of carbonyl (C=O) groups excluding carboxylic acids is 1. The SMILES string of the molecule is CCc1cccc(CC)c1NC(=O)[C@H]1[C@@H](C(=O)O)[C@H]2C=C[C@@H]1O2. The zero-order chi connectivity index (χ0) is 16.6. The van der Waals surface area contributed by atoms with Crippen molar-refractivity contribution in [2.24, 2.45) is 11.8 Å². The molecule has 0 aromatic heterocycles. The maximum absolute atomic E-state index is 12.8. The topological polar surface area (TPSA) is 75.6 Å². The second-order valence-corrected chi connectivity index (χ2v) is 5.99. The highest BCUT2D eigenvalue weighted by molar-refractivity contribution is 5.97. The first-order valence-electron chi connectivity index (χ1n) is 8.05. The molecule has 122 valence electrons. The Bertz CT molecular complexity index is 645. The Morgan fingerprint density at radius 2 is 1.65 bits per heavy atom. The predicted octanol–water partition coefficient (Wildman–Crippen LogP) is 2.40. The lowest BCUT2D eigenvalue weighted by molar-refractivity contribution is -0.145. The number of fused-ring (bicyclic) bond motifs is 2. The van der Waals surface area contributed by atoms with Gasteiger partial charge in [-0.1, -0.05) is 44.2 Å². The Kier molecular flexibility index (Phi) is 4.22. The highest BCUT2D eigenvalue weighted by Crippen LogP contribution is 2.40. The van der Waals surface area contributed by atoms with E-state index in [0.717, 1.165) is 29.7 Å². The van der Waals surface area contributed by atoms with Crippen molar-refractivity contribution in [1.82, 2.24) is 0 Å². The van der Waals surface area contributed by atoms with Gasteiger partial charge in [0.2, 0.25) is 5.91 Å². The first-order valence-corrected chi connectivity index (χ1v) is 8.05. The molecule has 2 heterocycles. The van der Waals surface area contributed by atoms with Gasteiger partial charge in [-0.2, -0.15) is 0 Å². The zero-order valence-corrected chi connectivity index (χ0v) is 13.3. The van der Waals surface area contributed by atoms with Crippen LogP contribution in [0, 0.1) is 11.8 Å². The monoisotopic (exact) mass is 315 g/mol. The van der Waals surface area contributed by atoms with Crippen molar-refractivity contribution < 1.29 is 19.4 Å². The van der Waals surface area contributed by atoms with Gasteiger partial charge in [0.15, 0.2) is 0 Å². The fourth-order valence-electron chi connectivity index (χ4n) is 3.52. The molecule has 2 aliphatic heterocycles. The summed E-state index contributed by atoms with van der Waals surface area (Å²) in [4.78, 5) is 24.3. The molecule has 1 amide bonds. The molecule has 3 rings (SSSR count). The second-order valence-electron chi connectivity index (χ2n) is 5.99. The van der Waals surface area contributed by atoms with Crippen molar-refractivity contribution in [3.63, 3.8) is 0 Å². The maximum Gasteiger partial charge on any atom is 0.310 e. The van der Waals surface area contributed by atoms with Gasteiger partial charge in [-0.15, -0.1) is 0 Å². The number of aliphatic carboxylic acids is 1. The Morgan fingerprint density at radius 1 is 1.09 bits per heavy atom. The van der Waals surface area contributed by atoms with E-state index in [1.165, 1.54) is 0 Å². The van der Waals surface area contributed by atoms with Crippen LogP contribution in [0.15, 0.2) is 30.4 Å². The number of carboxylic acid groups (broad SMARTS) is 1. The van der Waals surface area contributed by atoms with Gasteiger partial charge in [0.1, 0.15) is 5.92 Å². The van der Waals surface area contributed by atoms with Crippen molar-refractivity contribution in [3.8, 4) is 0 Å². The molecule has 0 unspecified atom stereocenters. The van der Waals surface area contributed by atoms with E-state index in [4.69, 9.17) is 4.74 Å². The molecule has 4 atom stereocenters. The Balaban J connectivity index is 1.88. The van der Waals surface area contributed by atoms with Gasteiger partial charge in [-0.05, 0) is 24.0 Å². The molecule has 5 nitrogen and oxygen atoms in total. The molecule has 1 fully saturated rings. The number of para-hydroxylation sites is 1. The molecule has 0 saturated carbocycles. The van der Waals surface area contributed by atoms with Crippen LogP contribution in [0.3, 0.4) is 0 Å². The number of nitrogens with one attached hydrogen (secondary N) is 1. The van der Waals surface area contributed by atoms with Gasteiger partial charge in [-0.25, -0.2) is 0 Å². The molecule has 1 aromatic carbocycles. The quantitative estimate of drug-likeness (QED) is 0.818. The molecule has 5 heteroatoms. The van der Waals surface area contributed by atoms with E-state index in [1.807, 2.05) is 32.0 Å². The van der Waals surface area contributed by atoms with Gasteiger partial charge in [0, 0.05) is 5.69 Å². The van der Waals surface area contributed by atoms with Crippen LogP contribution in [-0.4, -0.2) is 29.2 Å². The van der Waals surface area contributed by atoms with E-state index in [0.29, 0.717) is 0 Å². The summed E-state index contributed by atoms with van der Waals surface area (Å²) < 4.78 is 5.58. The normalized spacial score (nSPS) is 28.1. The molecule has 0 radical (unpaired) electrons. The summed E-state index contributed by atoms with van der Waals surface area (Å²) in [6.45, 7) is 4.07. The van der Waals surface area contributed by atoms with Crippen molar-refractivity contribution >= 4 is 17.6 Å². The van der Waals surface area contributed by atoms with Crippen LogP contribution in [0.1, 0.15) is 25.0 Å². The lowest BCUT2D eigenvalue weighted by Crippen LogP contribution is -2.39. The van der Waals surface area contributed by atoms with Gasteiger partial charge < -0.3 is 15.2 Å². The number of carbonyl (C=O) groups is 2. The van der Waals surface area contributed by atoms with Gasteiger partial charge in [0.05, 0.1) is 18.1 Å². The average molecular weight is 315 g/mol. The molecule has 2 aliphatic rings. The first kappa shape index (κ1) is 15.7. The minimum absolute atomic E-state index is 0.273. The molecule has 0 spiro atoms. The number of rotatable bonds is 5. The van der Waals surface area contributed by atoms with Crippen LogP contribution < -0.4 is 5.32 Å². The smallest absolute Gasteiger partial charge is 0.310 e. The van der Waals surface area contributed by atoms with E-state index in [2.05, 4.69) is 5.32 Å². The molecule has 0 aliphatic carbocycles. The number of hydrogen-bond donors (Lipinski definition) is 2. The van der Waals surface area contributed by atoms with E-state index in [-0.39, 0.29) is 5.91 Å².